The molecule has 0 spiro atoms. The number of methoxy groups -OCH3 is 1. The minimum atomic E-state index is -0.320. The maximum Gasteiger partial charge on any atom is 0.291 e. The summed E-state index contributed by atoms with van der Waals surface area (Å²) >= 11 is 0. The van der Waals surface area contributed by atoms with Crippen molar-refractivity contribution in [3.63, 3.8) is 0 Å². The Balaban J connectivity index is 1.63. The predicted molar refractivity (Wildman–Crippen MR) is 103 cm³/mol. The van der Waals surface area contributed by atoms with Crippen molar-refractivity contribution < 1.29 is 18.7 Å². The van der Waals surface area contributed by atoms with Crippen LogP contribution in [0.25, 0.3) is 11.0 Å². The van der Waals surface area contributed by atoms with Crippen LogP contribution in [0.2, 0.25) is 0 Å². The van der Waals surface area contributed by atoms with Crippen molar-refractivity contribution in [2.24, 2.45) is 0 Å². The lowest BCUT2D eigenvalue weighted by atomic mass is 10.1. The summed E-state index contributed by atoms with van der Waals surface area (Å²) in [6, 6.07) is 13.1. The number of carbonyl (C=O) groups excluding carboxylic acids is 2. The first-order chi connectivity index (χ1) is 13.1. The number of nitrogens with zero attached hydrogens (tertiary/aromatic N) is 1. The molecular formula is C21H20N2O4. The number of amides is 2. The van der Waals surface area contributed by atoms with Gasteiger partial charge in [-0.25, -0.2) is 0 Å². The van der Waals surface area contributed by atoms with Gasteiger partial charge in [-0.1, -0.05) is 18.2 Å². The van der Waals surface area contributed by atoms with E-state index in [4.69, 9.17) is 9.15 Å². The van der Waals surface area contributed by atoms with Crippen LogP contribution in [0.3, 0.4) is 0 Å². The second kappa shape index (κ2) is 6.89. The van der Waals surface area contributed by atoms with E-state index in [-0.39, 0.29) is 24.2 Å². The predicted octanol–water partition coefficient (Wildman–Crippen LogP) is 3.74. The third kappa shape index (κ3) is 3.08. The van der Waals surface area contributed by atoms with E-state index < -0.39 is 0 Å². The van der Waals surface area contributed by atoms with Crippen LogP contribution in [0.4, 0.5) is 11.4 Å². The Labute approximate surface area is 156 Å². The van der Waals surface area contributed by atoms with Crippen LogP contribution in [0, 0.1) is 0 Å². The largest absolute Gasteiger partial charge is 0.451 e. The average Bonchev–Trinajstić information content (AvgIpc) is 3.24. The Morgan fingerprint density at radius 3 is 2.81 bits per heavy atom. The fraction of sp³-hybridized carbons (Fsp3) is 0.238. The lowest BCUT2D eigenvalue weighted by Gasteiger charge is -2.15. The van der Waals surface area contributed by atoms with Gasteiger partial charge in [-0.3, -0.25) is 9.59 Å². The monoisotopic (exact) mass is 364 g/mol. The highest BCUT2D eigenvalue weighted by Gasteiger charge is 2.24. The van der Waals surface area contributed by atoms with Gasteiger partial charge in [0.15, 0.2) is 5.76 Å². The van der Waals surface area contributed by atoms with Crippen molar-refractivity contribution in [2.45, 2.75) is 20.0 Å². The summed E-state index contributed by atoms with van der Waals surface area (Å²) in [6.45, 7) is 2.52. The minimum Gasteiger partial charge on any atom is -0.451 e. The third-order valence-electron chi connectivity index (χ3n) is 4.81. The van der Waals surface area contributed by atoms with E-state index >= 15 is 0 Å². The number of ether oxygens (including phenoxy) is 1. The first-order valence-corrected chi connectivity index (χ1v) is 8.80. The molecule has 3 aromatic rings. The number of para-hydroxylation sites is 1. The SMILES string of the molecule is COCc1c(C(=O)Nc2ccc3c(c2)CCN3C(C)=O)oc2ccccc12. The Kier molecular flexibility index (Phi) is 4.41. The van der Waals surface area contributed by atoms with Gasteiger partial charge in [0.1, 0.15) is 5.58 Å². The fourth-order valence-electron chi connectivity index (χ4n) is 3.56. The molecule has 0 unspecified atom stereocenters. The zero-order chi connectivity index (χ0) is 19.0. The van der Waals surface area contributed by atoms with E-state index in [9.17, 15) is 9.59 Å². The average molecular weight is 364 g/mol. The molecule has 4 rings (SSSR count). The van der Waals surface area contributed by atoms with Gasteiger partial charge in [-0.2, -0.15) is 0 Å². The van der Waals surface area contributed by atoms with Crippen LogP contribution in [0.1, 0.15) is 28.6 Å². The summed E-state index contributed by atoms with van der Waals surface area (Å²) in [5.41, 5.74) is 4.01. The van der Waals surface area contributed by atoms with Gasteiger partial charge in [-0.15, -0.1) is 0 Å². The Morgan fingerprint density at radius 1 is 1.22 bits per heavy atom. The van der Waals surface area contributed by atoms with E-state index in [1.54, 1.807) is 25.0 Å². The highest BCUT2D eigenvalue weighted by atomic mass is 16.5. The summed E-state index contributed by atoms with van der Waals surface area (Å²) in [6.07, 6.45) is 0.776. The van der Waals surface area contributed by atoms with E-state index in [0.717, 1.165) is 28.6 Å². The molecule has 2 aromatic carbocycles. The number of rotatable bonds is 4. The first-order valence-electron chi connectivity index (χ1n) is 8.80. The minimum absolute atomic E-state index is 0.0250. The molecule has 0 fully saturated rings. The molecule has 6 heteroatoms. The van der Waals surface area contributed by atoms with Gasteiger partial charge in [0.2, 0.25) is 5.91 Å². The molecule has 0 saturated carbocycles. The lowest BCUT2D eigenvalue weighted by Crippen LogP contribution is -2.25. The molecule has 6 nitrogen and oxygen atoms in total. The zero-order valence-electron chi connectivity index (χ0n) is 15.2. The van der Waals surface area contributed by atoms with Crippen LogP contribution >= 0.6 is 0 Å². The first kappa shape index (κ1) is 17.3. The maximum absolute atomic E-state index is 12.8. The summed E-state index contributed by atoms with van der Waals surface area (Å²) in [5.74, 6) is -0.0412. The number of hydrogen-bond donors (Lipinski definition) is 1. The molecule has 1 N–H and O–H groups in total. The number of hydrogen-bond acceptors (Lipinski definition) is 4. The molecule has 0 aliphatic carbocycles. The molecular weight excluding hydrogens is 344 g/mol. The van der Waals surface area contributed by atoms with Crippen molar-refractivity contribution >= 4 is 34.2 Å². The number of anilines is 2. The van der Waals surface area contributed by atoms with Crippen LogP contribution < -0.4 is 10.2 Å². The Hall–Kier alpha value is -3.12. The highest BCUT2D eigenvalue weighted by Crippen LogP contribution is 2.31. The number of fused-ring (bicyclic) bond motifs is 2. The molecule has 138 valence electrons. The standard InChI is InChI=1S/C21H20N2O4/c1-13(24)23-10-9-14-11-15(7-8-18(14)23)22-21(25)20-17(12-26-2)16-5-3-4-6-19(16)27-20/h3-8,11H,9-10,12H2,1-2H3,(H,22,25). The Morgan fingerprint density at radius 2 is 2.04 bits per heavy atom. The molecule has 2 heterocycles. The topological polar surface area (TPSA) is 71.8 Å². The molecule has 1 aromatic heterocycles. The number of nitrogens with one attached hydrogen (secondary N) is 1. The van der Waals surface area contributed by atoms with Crippen LogP contribution in [-0.4, -0.2) is 25.5 Å². The van der Waals surface area contributed by atoms with Crippen molar-refractivity contribution in [3.05, 3.63) is 59.4 Å². The molecule has 0 bridgehead atoms. The molecule has 0 radical (unpaired) electrons. The summed E-state index contributed by atoms with van der Waals surface area (Å²) in [5, 5.41) is 3.77. The van der Waals surface area contributed by atoms with Crippen molar-refractivity contribution in [1.82, 2.24) is 0 Å². The van der Waals surface area contributed by atoms with E-state index in [0.29, 0.717) is 17.8 Å². The fourth-order valence-corrected chi connectivity index (χ4v) is 3.56. The summed E-state index contributed by atoms with van der Waals surface area (Å²) in [7, 11) is 1.59. The van der Waals surface area contributed by atoms with Gasteiger partial charge in [0.25, 0.3) is 5.91 Å². The van der Waals surface area contributed by atoms with E-state index in [1.807, 2.05) is 36.4 Å². The second-order valence-electron chi connectivity index (χ2n) is 6.56. The van der Waals surface area contributed by atoms with Gasteiger partial charge in [0, 0.05) is 42.9 Å². The maximum atomic E-state index is 12.8. The third-order valence-corrected chi connectivity index (χ3v) is 4.81. The van der Waals surface area contributed by atoms with E-state index in [2.05, 4.69) is 5.32 Å². The van der Waals surface area contributed by atoms with E-state index in [1.165, 1.54) is 0 Å². The Bertz CT molecular complexity index is 1040. The highest BCUT2D eigenvalue weighted by molar-refractivity contribution is 6.06. The number of furan rings is 1. The summed E-state index contributed by atoms with van der Waals surface area (Å²) in [4.78, 5) is 26.2. The quantitative estimate of drug-likeness (QED) is 0.765. The van der Waals surface area contributed by atoms with Gasteiger partial charge in [-0.05, 0) is 36.2 Å². The van der Waals surface area contributed by atoms with Gasteiger partial charge >= 0.3 is 0 Å². The molecule has 0 atom stereocenters. The molecule has 27 heavy (non-hydrogen) atoms. The molecule has 1 aliphatic rings. The molecule has 0 saturated heterocycles. The molecule has 2 amide bonds. The second-order valence-corrected chi connectivity index (χ2v) is 6.56. The number of carbonyl (C=O) groups is 2. The molecule has 1 aliphatic heterocycles. The van der Waals surface area contributed by atoms with Gasteiger partial charge in [0.05, 0.1) is 6.61 Å². The zero-order valence-corrected chi connectivity index (χ0v) is 15.2. The normalized spacial score (nSPS) is 13.0. The van der Waals surface area contributed by atoms with Crippen LogP contribution in [0.15, 0.2) is 46.9 Å². The van der Waals surface area contributed by atoms with Crippen molar-refractivity contribution in [2.75, 3.05) is 23.9 Å². The van der Waals surface area contributed by atoms with Crippen molar-refractivity contribution in [1.29, 1.82) is 0 Å². The van der Waals surface area contributed by atoms with Crippen molar-refractivity contribution in [3.8, 4) is 0 Å². The van der Waals surface area contributed by atoms with Crippen LogP contribution in [-0.2, 0) is 22.6 Å². The van der Waals surface area contributed by atoms with Gasteiger partial charge < -0.3 is 19.4 Å². The lowest BCUT2D eigenvalue weighted by molar-refractivity contribution is -0.116. The summed E-state index contributed by atoms with van der Waals surface area (Å²) < 4.78 is 11.0. The number of benzene rings is 2. The smallest absolute Gasteiger partial charge is 0.291 e. The van der Waals surface area contributed by atoms with Crippen LogP contribution in [0.5, 0.6) is 0 Å².